The molecule has 0 aromatic carbocycles. The third-order valence-corrected chi connectivity index (χ3v) is 3.95. The normalized spacial score (nSPS) is 21.4. The first-order chi connectivity index (χ1) is 10.0. The molecule has 2 nitrogen and oxygen atoms in total. The van der Waals surface area contributed by atoms with Crippen LogP contribution in [0.4, 0.5) is 8.78 Å². The van der Waals surface area contributed by atoms with Crippen molar-refractivity contribution in [3.8, 4) is 0 Å². The van der Waals surface area contributed by atoms with Gasteiger partial charge in [0.25, 0.3) is 0 Å². The van der Waals surface area contributed by atoms with Gasteiger partial charge in [-0.15, -0.1) is 0 Å². The quantitative estimate of drug-likeness (QED) is 0.690. The van der Waals surface area contributed by atoms with E-state index in [-0.39, 0.29) is 18.8 Å². The Morgan fingerprint density at radius 3 is 2.76 bits per heavy atom. The fourth-order valence-corrected chi connectivity index (χ4v) is 2.64. The summed E-state index contributed by atoms with van der Waals surface area (Å²) in [6.07, 6.45) is 4.10. The maximum atomic E-state index is 14.3. The average molecular weight is 299 g/mol. The summed E-state index contributed by atoms with van der Waals surface area (Å²) in [5.74, 6) is 0.411. The van der Waals surface area contributed by atoms with Crippen LogP contribution in [0, 0.1) is 5.92 Å². The van der Waals surface area contributed by atoms with Crippen molar-refractivity contribution in [2.24, 2.45) is 5.92 Å². The van der Waals surface area contributed by atoms with Crippen LogP contribution >= 0.6 is 0 Å². The van der Waals surface area contributed by atoms with Crippen LogP contribution in [0.3, 0.4) is 0 Å². The van der Waals surface area contributed by atoms with E-state index >= 15 is 0 Å². The van der Waals surface area contributed by atoms with Crippen molar-refractivity contribution in [1.29, 1.82) is 0 Å². The number of hydrogen-bond donors (Lipinski definition) is 0. The van der Waals surface area contributed by atoms with Crippen LogP contribution in [-0.4, -0.2) is 37.9 Å². The fraction of sp³-hybridized carbons (Fsp3) is 0.647. The third-order valence-electron chi connectivity index (χ3n) is 3.95. The maximum Gasteiger partial charge on any atom is 0.135 e. The SMILES string of the molecule is C=C1OCCN(C)/C1=C/C(=C\C)C(CC)C(F)CCCF. The van der Waals surface area contributed by atoms with E-state index in [1.807, 2.05) is 33.0 Å². The summed E-state index contributed by atoms with van der Waals surface area (Å²) in [6, 6.07) is 0. The molecule has 0 N–H and O–H groups in total. The molecule has 1 heterocycles. The van der Waals surface area contributed by atoms with E-state index in [9.17, 15) is 8.78 Å². The smallest absolute Gasteiger partial charge is 0.135 e. The van der Waals surface area contributed by atoms with Gasteiger partial charge >= 0.3 is 0 Å². The highest BCUT2D eigenvalue weighted by molar-refractivity contribution is 5.34. The van der Waals surface area contributed by atoms with Gasteiger partial charge in [-0.2, -0.15) is 0 Å². The predicted molar refractivity (Wildman–Crippen MR) is 83.4 cm³/mol. The van der Waals surface area contributed by atoms with Gasteiger partial charge in [0.2, 0.25) is 0 Å². The molecule has 1 fully saturated rings. The number of hydrogen-bond acceptors (Lipinski definition) is 2. The summed E-state index contributed by atoms with van der Waals surface area (Å²) >= 11 is 0. The van der Waals surface area contributed by atoms with Gasteiger partial charge in [-0.3, -0.25) is 4.39 Å². The molecule has 0 radical (unpaired) electrons. The number of rotatable bonds is 7. The minimum Gasteiger partial charge on any atom is -0.490 e. The minimum atomic E-state index is -1.02. The first-order valence-corrected chi connectivity index (χ1v) is 7.66. The highest BCUT2D eigenvalue weighted by Gasteiger charge is 2.24. The van der Waals surface area contributed by atoms with Gasteiger partial charge in [-0.1, -0.05) is 19.6 Å². The van der Waals surface area contributed by atoms with E-state index in [1.54, 1.807) is 0 Å². The van der Waals surface area contributed by atoms with Crippen molar-refractivity contribution < 1.29 is 13.5 Å². The van der Waals surface area contributed by atoms with E-state index in [1.165, 1.54) is 0 Å². The molecule has 1 rings (SSSR count). The van der Waals surface area contributed by atoms with Crippen molar-refractivity contribution in [2.75, 3.05) is 26.9 Å². The molecule has 0 aromatic heterocycles. The van der Waals surface area contributed by atoms with Gasteiger partial charge in [0.15, 0.2) is 0 Å². The fourth-order valence-electron chi connectivity index (χ4n) is 2.64. The average Bonchev–Trinajstić information content (AvgIpc) is 2.47. The van der Waals surface area contributed by atoms with Crippen molar-refractivity contribution >= 4 is 0 Å². The van der Waals surface area contributed by atoms with Crippen LogP contribution < -0.4 is 0 Å². The zero-order valence-electron chi connectivity index (χ0n) is 13.4. The van der Waals surface area contributed by atoms with Crippen molar-refractivity contribution in [1.82, 2.24) is 4.90 Å². The standard InChI is InChI=1S/C17H27F2NO/c1-5-14(15(6-2)16(19)8-7-9-18)12-17-13(3)21-11-10-20(17)4/h5,12,15-16H,3,6-11H2,1-2,4H3/b14-5+,17-12+. The topological polar surface area (TPSA) is 12.5 Å². The summed E-state index contributed by atoms with van der Waals surface area (Å²) in [6.45, 7) is 8.73. The number of halogens is 2. The predicted octanol–water partition coefficient (Wildman–Crippen LogP) is 4.41. The highest BCUT2D eigenvalue weighted by Crippen LogP contribution is 2.29. The number of allylic oxidation sites excluding steroid dienone is 3. The summed E-state index contributed by atoms with van der Waals surface area (Å²) < 4.78 is 32.1. The molecule has 2 atom stereocenters. The molecule has 0 saturated carbocycles. The minimum absolute atomic E-state index is 0.211. The molecule has 0 amide bonds. The molecule has 4 heteroatoms. The lowest BCUT2D eigenvalue weighted by atomic mass is 9.88. The largest absolute Gasteiger partial charge is 0.490 e. The van der Waals surface area contributed by atoms with Gasteiger partial charge in [0.05, 0.1) is 18.9 Å². The maximum absolute atomic E-state index is 14.3. The van der Waals surface area contributed by atoms with Crippen LogP contribution in [0.5, 0.6) is 0 Å². The first-order valence-electron chi connectivity index (χ1n) is 7.66. The number of nitrogens with zero attached hydrogens (tertiary/aromatic N) is 1. The molecule has 120 valence electrons. The second-order valence-corrected chi connectivity index (χ2v) is 5.37. The van der Waals surface area contributed by atoms with Crippen LogP contribution in [0.1, 0.15) is 33.1 Å². The molecule has 1 aliphatic heterocycles. The molecule has 0 aromatic rings. The Balaban J connectivity index is 2.91. The number of ether oxygens (including phenoxy) is 1. The van der Waals surface area contributed by atoms with Gasteiger partial charge in [0.1, 0.15) is 18.5 Å². The Labute approximate surface area is 127 Å². The molecule has 21 heavy (non-hydrogen) atoms. The van der Waals surface area contributed by atoms with E-state index in [0.717, 1.165) is 17.8 Å². The first kappa shape index (κ1) is 17.7. The summed E-state index contributed by atoms with van der Waals surface area (Å²) in [5, 5.41) is 0. The number of alkyl halides is 2. The van der Waals surface area contributed by atoms with Crippen LogP contribution in [0.15, 0.2) is 35.8 Å². The van der Waals surface area contributed by atoms with Gasteiger partial charge in [-0.25, -0.2) is 4.39 Å². The summed E-state index contributed by atoms with van der Waals surface area (Å²) in [5.41, 5.74) is 1.82. The number of morpholine rings is 1. The van der Waals surface area contributed by atoms with E-state index < -0.39 is 12.8 Å². The summed E-state index contributed by atoms with van der Waals surface area (Å²) in [7, 11) is 1.98. The Morgan fingerprint density at radius 2 is 2.24 bits per heavy atom. The monoisotopic (exact) mass is 299 g/mol. The molecular formula is C17H27F2NO. The molecule has 0 bridgehead atoms. The molecular weight excluding hydrogens is 272 g/mol. The van der Waals surface area contributed by atoms with Gasteiger partial charge in [-0.05, 0) is 37.8 Å². The lowest BCUT2D eigenvalue weighted by Gasteiger charge is -2.31. The number of likely N-dealkylation sites (N-methyl/N-ethyl adjacent to an activating group) is 1. The molecule has 1 aliphatic rings. The second kappa shape index (κ2) is 8.85. The molecule has 0 aliphatic carbocycles. The molecule has 0 spiro atoms. The zero-order chi connectivity index (χ0) is 15.8. The van der Waals surface area contributed by atoms with Crippen LogP contribution in [-0.2, 0) is 4.74 Å². The van der Waals surface area contributed by atoms with Crippen LogP contribution in [0.2, 0.25) is 0 Å². The lowest BCUT2D eigenvalue weighted by molar-refractivity contribution is 0.143. The van der Waals surface area contributed by atoms with Crippen LogP contribution in [0.25, 0.3) is 0 Å². The van der Waals surface area contributed by atoms with Crippen molar-refractivity contribution in [3.63, 3.8) is 0 Å². The Bertz CT molecular complexity index is 404. The van der Waals surface area contributed by atoms with E-state index in [2.05, 4.69) is 11.5 Å². The summed E-state index contributed by atoms with van der Waals surface area (Å²) in [4.78, 5) is 2.07. The Hall–Kier alpha value is -1.32. The van der Waals surface area contributed by atoms with Gasteiger partial charge < -0.3 is 9.64 Å². The van der Waals surface area contributed by atoms with Crippen molar-refractivity contribution in [3.05, 3.63) is 35.8 Å². The van der Waals surface area contributed by atoms with E-state index in [0.29, 0.717) is 18.8 Å². The van der Waals surface area contributed by atoms with E-state index in [4.69, 9.17) is 4.74 Å². The molecule has 2 unspecified atom stereocenters. The Morgan fingerprint density at radius 1 is 1.52 bits per heavy atom. The highest BCUT2D eigenvalue weighted by atomic mass is 19.1. The second-order valence-electron chi connectivity index (χ2n) is 5.37. The van der Waals surface area contributed by atoms with Crippen molar-refractivity contribution in [2.45, 2.75) is 39.3 Å². The van der Waals surface area contributed by atoms with Gasteiger partial charge in [0, 0.05) is 13.0 Å². The molecule has 1 saturated heterocycles. The lowest BCUT2D eigenvalue weighted by Crippen LogP contribution is -2.30. The third kappa shape index (κ3) is 4.87. The Kier molecular flexibility index (Phi) is 7.48. The zero-order valence-corrected chi connectivity index (χ0v) is 13.4.